The van der Waals surface area contributed by atoms with Crippen LogP contribution in [0.2, 0.25) is 0 Å². The van der Waals surface area contributed by atoms with E-state index in [2.05, 4.69) is 56.0 Å². The highest BCUT2D eigenvalue weighted by molar-refractivity contribution is 5.52. The number of aromatic nitrogens is 1. The maximum atomic E-state index is 4.85. The van der Waals surface area contributed by atoms with Crippen LogP contribution in [0.25, 0.3) is 0 Å². The minimum Gasteiger partial charge on any atom is -0.356 e. The molecule has 1 aromatic heterocycles. The van der Waals surface area contributed by atoms with E-state index < -0.39 is 0 Å². The lowest BCUT2D eigenvalue weighted by Crippen LogP contribution is -2.42. The first-order chi connectivity index (χ1) is 10.0. The summed E-state index contributed by atoms with van der Waals surface area (Å²) < 4.78 is 0. The summed E-state index contributed by atoms with van der Waals surface area (Å²) in [6.07, 6.45) is 2.45. The number of piperidine rings is 1. The van der Waals surface area contributed by atoms with Gasteiger partial charge in [-0.15, -0.1) is 0 Å². The lowest BCUT2D eigenvalue weighted by atomic mass is 10.0. The maximum Gasteiger partial charge on any atom is 0.133 e. The number of rotatable bonds is 5. The first kappa shape index (κ1) is 16.2. The molecule has 1 saturated heterocycles. The molecule has 0 aliphatic carbocycles. The Morgan fingerprint density at radius 1 is 1.29 bits per heavy atom. The van der Waals surface area contributed by atoms with Crippen molar-refractivity contribution in [2.75, 3.05) is 38.6 Å². The minimum absolute atomic E-state index is 0.712. The van der Waals surface area contributed by atoms with Gasteiger partial charge < -0.3 is 15.1 Å². The van der Waals surface area contributed by atoms with Crippen LogP contribution < -0.4 is 10.2 Å². The third kappa shape index (κ3) is 3.95. The van der Waals surface area contributed by atoms with Crippen LogP contribution in [0.3, 0.4) is 0 Å². The number of nitrogens with zero attached hydrogens (tertiary/aromatic N) is 3. The second-order valence-corrected chi connectivity index (χ2v) is 6.34. The summed E-state index contributed by atoms with van der Waals surface area (Å²) in [4.78, 5) is 9.68. The third-order valence-electron chi connectivity index (χ3n) is 4.50. The van der Waals surface area contributed by atoms with E-state index >= 15 is 0 Å². The molecule has 0 aromatic carbocycles. The Morgan fingerprint density at radius 2 is 1.95 bits per heavy atom. The molecule has 0 unspecified atom stereocenters. The summed E-state index contributed by atoms with van der Waals surface area (Å²) in [5.41, 5.74) is 3.84. The largest absolute Gasteiger partial charge is 0.356 e. The summed E-state index contributed by atoms with van der Waals surface area (Å²) in [5.74, 6) is 1.20. The number of nitrogens with one attached hydrogen (secondary N) is 1. The number of anilines is 1. The Labute approximate surface area is 129 Å². The molecule has 118 valence electrons. The van der Waals surface area contributed by atoms with Crippen LogP contribution in [0.15, 0.2) is 6.07 Å². The van der Waals surface area contributed by atoms with Crippen molar-refractivity contribution in [2.45, 2.75) is 46.2 Å². The lowest BCUT2D eigenvalue weighted by molar-refractivity contribution is 0.249. The van der Waals surface area contributed by atoms with Gasteiger partial charge in [-0.25, -0.2) is 4.98 Å². The van der Waals surface area contributed by atoms with Gasteiger partial charge >= 0.3 is 0 Å². The quantitative estimate of drug-likeness (QED) is 0.902. The van der Waals surface area contributed by atoms with Crippen LogP contribution in [0.4, 0.5) is 5.82 Å². The highest BCUT2D eigenvalue weighted by atomic mass is 15.2. The van der Waals surface area contributed by atoms with Gasteiger partial charge in [0, 0.05) is 36.9 Å². The monoisotopic (exact) mass is 290 g/mol. The zero-order chi connectivity index (χ0) is 15.4. The standard InChI is InChI=1S/C17H30N4/c1-6-18-12-16-13(2)11-14(3)19-17(16)21-9-7-15(8-10-21)20(4)5/h11,15,18H,6-10,12H2,1-5H3. The van der Waals surface area contributed by atoms with Crippen LogP contribution in [-0.2, 0) is 6.54 Å². The molecule has 1 aromatic rings. The number of hydrogen-bond acceptors (Lipinski definition) is 4. The Bertz CT molecular complexity index is 462. The van der Waals surface area contributed by atoms with Crippen molar-refractivity contribution in [3.8, 4) is 0 Å². The van der Waals surface area contributed by atoms with Crippen molar-refractivity contribution in [3.05, 3.63) is 22.9 Å². The molecule has 2 heterocycles. The fourth-order valence-electron chi connectivity index (χ4n) is 3.17. The first-order valence-electron chi connectivity index (χ1n) is 8.12. The molecule has 2 rings (SSSR count). The first-order valence-corrected chi connectivity index (χ1v) is 8.12. The van der Waals surface area contributed by atoms with Gasteiger partial charge in [-0.3, -0.25) is 0 Å². The Kier molecular flexibility index (Phi) is 5.59. The molecular formula is C17H30N4. The zero-order valence-electron chi connectivity index (χ0n) is 14.2. The van der Waals surface area contributed by atoms with E-state index in [1.165, 1.54) is 29.8 Å². The Hall–Kier alpha value is -1.13. The topological polar surface area (TPSA) is 31.4 Å². The van der Waals surface area contributed by atoms with E-state index in [9.17, 15) is 0 Å². The molecule has 4 heteroatoms. The van der Waals surface area contributed by atoms with Crippen LogP contribution >= 0.6 is 0 Å². The minimum atomic E-state index is 0.712. The second-order valence-electron chi connectivity index (χ2n) is 6.34. The van der Waals surface area contributed by atoms with Gasteiger partial charge in [-0.2, -0.15) is 0 Å². The van der Waals surface area contributed by atoms with Crippen LogP contribution in [0.5, 0.6) is 0 Å². The van der Waals surface area contributed by atoms with Gasteiger partial charge in [-0.1, -0.05) is 6.92 Å². The summed E-state index contributed by atoms with van der Waals surface area (Å²) in [6.45, 7) is 10.6. The lowest BCUT2D eigenvalue weighted by Gasteiger charge is -2.37. The van der Waals surface area contributed by atoms with Crippen molar-refractivity contribution in [3.63, 3.8) is 0 Å². The third-order valence-corrected chi connectivity index (χ3v) is 4.50. The predicted molar refractivity (Wildman–Crippen MR) is 90.0 cm³/mol. The van der Waals surface area contributed by atoms with Crippen molar-refractivity contribution >= 4 is 5.82 Å². The molecule has 1 fully saturated rings. The number of hydrogen-bond donors (Lipinski definition) is 1. The highest BCUT2D eigenvalue weighted by Gasteiger charge is 2.23. The van der Waals surface area contributed by atoms with E-state index in [4.69, 9.17) is 4.98 Å². The average Bonchev–Trinajstić information content (AvgIpc) is 2.46. The van der Waals surface area contributed by atoms with E-state index in [-0.39, 0.29) is 0 Å². The average molecular weight is 290 g/mol. The normalized spacial score (nSPS) is 16.8. The molecule has 0 spiro atoms. The van der Waals surface area contributed by atoms with Gasteiger partial charge in [0.1, 0.15) is 5.82 Å². The van der Waals surface area contributed by atoms with Crippen LogP contribution in [0.1, 0.15) is 36.6 Å². The van der Waals surface area contributed by atoms with Gasteiger partial charge in [0.15, 0.2) is 0 Å². The molecule has 21 heavy (non-hydrogen) atoms. The van der Waals surface area contributed by atoms with E-state index in [0.717, 1.165) is 31.9 Å². The molecule has 1 aliphatic heterocycles. The summed E-state index contributed by atoms with van der Waals surface area (Å²) >= 11 is 0. The van der Waals surface area contributed by atoms with Crippen molar-refractivity contribution in [2.24, 2.45) is 0 Å². The molecule has 0 amide bonds. The molecule has 0 radical (unpaired) electrons. The number of aryl methyl sites for hydroxylation is 2. The molecular weight excluding hydrogens is 260 g/mol. The predicted octanol–water partition coefficient (Wildman–Crippen LogP) is 2.34. The Balaban J connectivity index is 2.18. The molecule has 0 atom stereocenters. The van der Waals surface area contributed by atoms with Gasteiger partial charge in [0.25, 0.3) is 0 Å². The second kappa shape index (κ2) is 7.23. The molecule has 1 N–H and O–H groups in total. The molecule has 0 saturated carbocycles. The molecule has 4 nitrogen and oxygen atoms in total. The summed E-state index contributed by atoms with van der Waals surface area (Å²) in [6, 6.07) is 2.91. The SMILES string of the molecule is CCNCc1c(C)cc(C)nc1N1CCC(N(C)C)CC1. The molecule has 1 aliphatic rings. The van der Waals surface area contributed by atoms with E-state index in [1.807, 2.05) is 0 Å². The highest BCUT2D eigenvalue weighted by Crippen LogP contribution is 2.26. The van der Waals surface area contributed by atoms with Crippen molar-refractivity contribution < 1.29 is 0 Å². The molecule has 0 bridgehead atoms. The summed E-state index contributed by atoms with van der Waals surface area (Å²) in [7, 11) is 4.37. The van der Waals surface area contributed by atoms with Crippen LogP contribution in [0, 0.1) is 13.8 Å². The van der Waals surface area contributed by atoms with E-state index in [1.54, 1.807) is 0 Å². The van der Waals surface area contributed by atoms with E-state index in [0.29, 0.717) is 6.04 Å². The van der Waals surface area contributed by atoms with Crippen molar-refractivity contribution in [1.29, 1.82) is 0 Å². The Morgan fingerprint density at radius 3 is 2.52 bits per heavy atom. The fraction of sp³-hybridized carbons (Fsp3) is 0.706. The maximum absolute atomic E-state index is 4.85. The number of pyridine rings is 1. The fourth-order valence-corrected chi connectivity index (χ4v) is 3.17. The smallest absolute Gasteiger partial charge is 0.133 e. The van der Waals surface area contributed by atoms with Gasteiger partial charge in [-0.05, 0) is 59.0 Å². The van der Waals surface area contributed by atoms with Crippen molar-refractivity contribution in [1.82, 2.24) is 15.2 Å². The van der Waals surface area contributed by atoms with Crippen LogP contribution in [-0.4, -0.2) is 49.7 Å². The van der Waals surface area contributed by atoms with Gasteiger partial charge in [0.05, 0.1) is 0 Å². The zero-order valence-corrected chi connectivity index (χ0v) is 14.2. The summed E-state index contributed by atoms with van der Waals surface area (Å²) in [5, 5.41) is 3.46. The van der Waals surface area contributed by atoms with Gasteiger partial charge in [0.2, 0.25) is 0 Å².